The third-order valence-corrected chi connectivity index (χ3v) is 6.08. The first-order valence-electron chi connectivity index (χ1n) is 10.1. The molecular weight excluding hydrogens is 394 g/mol. The van der Waals surface area contributed by atoms with Crippen molar-refractivity contribution < 1.29 is 9.53 Å². The van der Waals surface area contributed by atoms with E-state index in [1.165, 1.54) is 5.56 Å². The van der Waals surface area contributed by atoms with Gasteiger partial charge in [0.25, 0.3) is 0 Å². The summed E-state index contributed by atoms with van der Waals surface area (Å²) < 4.78 is 5.77. The van der Waals surface area contributed by atoms with Crippen molar-refractivity contribution >= 4 is 17.8 Å². The highest BCUT2D eigenvalue weighted by Gasteiger charge is 2.28. The number of benzene rings is 2. The maximum atomic E-state index is 12.9. The molecule has 0 bridgehead atoms. The number of thioether (sulfide) groups is 1. The molecule has 0 aliphatic carbocycles. The predicted octanol–water partition coefficient (Wildman–Crippen LogP) is 4.66. The Morgan fingerprint density at radius 3 is 2.63 bits per heavy atom. The molecule has 154 valence electrons. The number of rotatable bonds is 6. The zero-order valence-electron chi connectivity index (χ0n) is 16.7. The van der Waals surface area contributed by atoms with Crippen molar-refractivity contribution in [1.29, 1.82) is 0 Å². The molecule has 0 radical (unpaired) electrons. The number of hydrogen-bond donors (Lipinski definition) is 1. The van der Waals surface area contributed by atoms with Gasteiger partial charge in [-0.05, 0) is 35.4 Å². The Kier molecular flexibility index (Phi) is 6.87. The van der Waals surface area contributed by atoms with E-state index in [1.54, 1.807) is 6.20 Å². The van der Waals surface area contributed by atoms with Crippen LogP contribution < -0.4 is 10.1 Å². The fraction of sp³-hybridized carbons (Fsp3) is 0.250. The van der Waals surface area contributed by atoms with Crippen LogP contribution in [0.15, 0.2) is 79.0 Å². The van der Waals surface area contributed by atoms with Crippen LogP contribution >= 0.6 is 11.8 Å². The summed E-state index contributed by atoms with van der Waals surface area (Å²) in [7, 11) is 0. The lowest BCUT2D eigenvalue weighted by Crippen LogP contribution is -2.46. The lowest BCUT2D eigenvalue weighted by molar-refractivity contribution is 0.182. The first-order chi connectivity index (χ1) is 14.8. The molecule has 30 heavy (non-hydrogen) atoms. The van der Waals surface area contributed by atoms with Crippen molar-refractivity contribution in [2.75, 3.05) is 18.1 Å². The Bertz CT molecular complexity index is 936. The zero-order valence-corrected chi connectivity index (χ0v) is 17.6. The van der Waals surface area contributed by atoms with Crippen LogP contribution in [-0.2, 0) is 13.2 Å². The van der Waals surface area contributed by atoms with Crippen LogP contribution in [0.3, 0.4) is 0 Å². The molecule has 0 saturated carbocycles. The third kappa shape index (κ3) is 5.33. The molecule has 2 aromatic carbocycles. The molecule has 1 aliphatic heterocycles. The van der Waals surface area contributed by atoms with Crippen molar-refractivity contribution in [1.82, 2.24) is 15.2 Å². The van der Waals surface area contributed by atoms with E-state index < -0.39 is 0 Å². The fourth-order valence-electron chi connectivity index (χ4n) is 3.42. The highest BCUT2D eigenvalue weighted by molar-refractivity contribution is 7.99. The van der Waals surface area contributed by atoms with E-state index in [4.69, 9.17) is 4.74 Å². The zero-order chi connectivity index (χ0) is 20.6. The summed E-state index contributed by atoms with van der Waals surface area (Å²) in [5.41, 5.74) is 3.12. The minimum atomic E-state index is -0.0142. The number of urea groups is 1. The monoisotopic (exact) mass is 419 g/mol. The van der Waals surface area contributed by atoms with Gasteiger partial charge in [-0.2, -0.15) is 11.8 Å². The summed E-state index contributed by atoms with van der Waals surface area (Å²) in [6, 6.07) is 23.9. The fourth-order valence-corrected chi connectivity index (χ4v) is 4.51. The van der Waals surface area contributed by atoms with E-state index in [2.05, 4.69) is 22.4 Å². The predicted molar refractivity (Wildman–Crippen MR) is 120 cm³/mol. The molecule has 1 saturated heterocycles. The highest BCUT2D eigenvalue weighted by atomic mass is 32.2. The Labute approximate surface area is 181 Å². The largest absolute Gasteiger partial charge is 0.487 e. The Hall–Kier alpha value is -2.99. The van der Waals surface area contributed by atoms with Crippen LogP contribution in [-0.4, -0.2) is 34.0 Å². The van der Waals surface area contributed by atoms with Gasteiger partial charge in [-0.15, -0.1) is 0 Å². The summed E-state index contributed by atoms with van der Waals surface area (Å²) >= 11 is 1.90. The molecule has 1 aliphatic rings. The number of nitrogens with zero attached hydrogens (tertiary/aromatic N) is 2. The molecule has 4 rings (SSSR count). The maximum absolute atomic E-state index is 12.9. The van der Waals surface area contributed by atoms with Gasteiger partial charge in [-0.3, -0.25) is 4.98 Å². The van der Waals surface area contributed by atoms with Crippen LogP contribution in [0.5, 0.6) is 5.75 Å². The summed E-state index contributed by atoms with van der Waals surface area (Å²) in [4.78, 5) is 19.1. The average Bonchev–Trinajstić information content (AvgIpc) is 2.83. The van der Waals surface area contributed by atoms with Gasteiger partial charge in [-0.25, -0.2) is 4.79 Å². The Morgan fingerprint density at radius 1 is 1.07 bits per heavy atom. The molecule has 0 spiro atoms. The van der Waals surface area contributed by atoms with Crippen LogP contribution in [0.25, 0.3) is 0 Å². The van der Waals surface area contributed by atoms with Crippen LogP contribution in [0.2, 0.25) is 0 Å². The van der Waals surface area contributed by atoms with Gasteiger partial charge in [0, 0.05) is 30.8 Å². The van der Waals surface area contributed by atoms with E-state index in [9.17, 15) is 4.79 Å². The second kappa shape index (κ2) is 10.2. The van der Waals surface area contributed by atoms with Crippen LogP contribution in [0.4, 0.5) is 4.79 Å². The number of amides is 2. The summed E-state index contributed by atoms with van der Waals surface area (Å²) in [6.45, 7) is 1.69. The van der Waals surface area contributed by atoms with Crippen LogP contribution in [0.1, 0.15) is 22.9 Å². The first-order valence-corrected chi connectivity index (χ1v) is 11.2. The van der Waals surface area contributed by atoms with Gasteiger partial charge in [0.2, 0.25) is 0 Å². The van der Waals surface area contributed by atoms with Crippen molar-refractivity contribution in [2.45, 2.75) is 19.2 Å². The van der Waals surface area contributed by atoms with E-state index in [1.807, 2.05) is 77.3 Å². The SMILES string of the molecule is O=C(NCc1ccc(OCc2ccccn2)cc1)N1CCSCC1c1ccccc1. The summed E-state index contributed by atoms with van der Waals surface area (Å²) in [5.74, 6) is 2.69. The van der Waals surface area contributed by atoms with Crippen molar-refractivity contribution in [3.05, 3.63) is 95.8 Å². The molecule has 3 aromatic rings. The van der Waals surface area contributed by atoms with Gasteiger partial charge in [0.15, 0.2) is 0 Å². The highest BCUT2D eigenvalue weighted by Crippen LogP contribution is 2.29. The lowest BCUT2D eigenvalue weighted by Gasteiger charge is -2.35. The molecule has 1 fully saturated rings. The molecule has 2 amide bonds. The second-order valence-corrected chi connectivity index (χ2v) is 8.26. The molecule has 1 unspecified atom stereocenters. The number of hydrogen-bond acceptors (Lipinski definition) is 4. The summed E-state index contributed by atoms with van der Waals surface area (Å²) in [5, 5.41) is 3.07. The topological polar surface area (TPSA) is 54.5 Å². The van der Waals surface area contributed by atoms with Crippen molar-refractivity contribution in [3.8, 4) is 5.75 Å². The van der Waals surface area contributed by atoms with Gasteiger partial charge < -0.3 is 15.0 Å². The molecule has 1 N–H and O–H groups in total. The quantitative estimate of drug-likeness (QED) is 0.631. The van der Waals surface area contributed by atoms with Gasteiger partial charge >= 0.3 is 6.03 Å². The second-order valence-electron chi connectivity index (χ2n) is 7.11. The third-order valence-electron chi connectivity index (χ3n) is 5.05. The van der Waals surface area contributed by atoms with E-state index >= 15 is 0 Å². The lowest BCUT2D eigenvalue weighted by atomic mass is 10.1. The minimum Gasteiger partial charge on any atom is -0.487 e. The molecular formula is C24H25N3O2S. The molecule has 1 atom stereocenters. The molecule has 5 nitrogen and oxygen atoms in total. The van der Waals surface area contributed by atoms with E-state index in [0.29, 0.717) is 13.2 Å². The van der Waals surface area contributed by atoms with E-state index in [-0.39, 0.29) is 12.1 Å². The van der Waals surface area contributed by atoms with E-state index in [0.717, 1.165) is 35.1 Å². The van der Waals surface area contributed by atoms with Gasteiger partial charge in [0.05, 0.1) is 11.7 Å². The number of aromatic nitrogens is 1. The number of ether oxygens (including phenoxy) is 1. The number of carbonyl (C=O) groups is 1. The number of carbonyl (C=O) groups excluding carboxylic acids is 1. The molecule has 2 heterocycles. The average molecular weight is 420 g/mol. The Morgan fingerprint density at radius 2 is 1.87 bits per heavy atom. The normalized spacial score (nSPS) is 16.1. The number of nitrogens with one attached hydrogen (secondary N) is 1. The minimum absolute atomic E-state index is 0.0142. The smallest absolute Gasteiger partial charge is 0.318 e. The number of pyridine rings is 1. The first kappa shape index (κ1) is 20.3. The maximum Gasteiger partial charge on any atom is 0.318 e. The summed E-state index contributed by atoms with van der Waals surface area (Å²) in [6.07, 6.45) is 1.76. The molecule has 1 aromatic heterocycles. The molecule has 6 heteroatoms. The van der Waals surface area contributed by atoms with Gasteiger partial charge in [0.1, 0.15) is 12.4 Å². The van der Waals surface area contributed by atoms with Crippen molar-refractivity contribution in [2.24, 2.45) is 0 Å². The van der Waals surface area contributed by atoms with Crippen LogP contribution in [0, 0.1) is 0 Å². The Balaban J connectivity index is 1.30. The van der Waals surface area contributed by atoms with Gasteiger partial charge in [-0.1, -0.05) is 48.5 Å². The standard InChI is InChI=1S/C24H25N3O2S/c28-24(27-14-15-30-18-23(27)20-6-2-1-3-7-20)26-16-19-9-11-22(12-10-19)29-17-21-8-4-5-13-25-21/h1-13,23H,14-18H2,(H,26,28). The van der Waals surface area contributed by atoms with Crippen molar-refractivity contribution in [3.63, 3.8) is 0 Å².